The van der Waals surface area contributed by atoms with Gasteiger partial charge in [-0.3, -0.25) is 0 Å². The van der Waals surface area contributed by atoms with E-state index in [1.165, 1.54) is 16.8 Å². The van der Waals surface area contributed by atoms with Crippen molar-refractivity contribution in [3.05, 3.63) is 29.3 Å². The molecule has 110 valence electrons. The second-order valence-corrected chi connectivity index (χ2v) is 5.29. The summed E-state index contributed by atoms with van der Waals surface area (Å²) in [6, 6.07) is 6.58. The highest BCUT2D eigenvalue weighted by Gasteiger charge is 2.33. The fourth-order valence-electron chi connectivity index (χ4n) is 2.90. The lowest BCUT2D eigenvalue weighted by molar-refractivity contribution is 0.814. The molecule has 0 fully saturated rings. The fraction of sp³-hybridized carbons (Fsp3) is 0.438. The smallest absolute Gasteiger partial charge is 0.143 e. The molecule has 2 aliphatic heterocycles. The normalized spacial score (nSPS) is 18.9. The monoisotopic (exact) mass is 283 g/mol. The Hall–Kier alpha value is -2.01. The number of hydrogen-bond donors (Lipinski definition) is 1. The Morgan fingerprint density at radius 3 is 2.52 bits per heavy atom. The summed E-state index contributed by atoms with van der Waals surface area (Å²) in [4.78, 5) is 15.0. The summed E-state index contributed by atoms with van der Waals surface area (Å²) in [6.45, 7) is 6.90. The minimum atomic E-state index is 0.250. The maximum absolute atomic E-state index is 5.94. The van der Waals surface area contributed by atoms with Crippen molar-refractivity contribution in [2.45, 2.75) is 26.8 Å². The van der Waals surface area contributed by atoms with Crippen LogP contribution in [-0.4, -0.2) is 31.1 Å². The van der Waals surface area contributed by atoms with Gasteiger partial charge in [0, 0.05) is 25.3 Å². The van der Waals surface area contributed by atoms with E-state index in [9.17, 15) is 0 Å². The lowest BCUT2D eigenvalue weighted by atomic mass is 9.89. The van der Waals surface area contributed by atoms with Gasteiger partial charge in [-0.1, -0.05) is 6.07 Å². The zero-order valence-electron chi connectivity index (χ0n) is 12.6. The van der Waals surface area contributed by atoms with E-state index in [2.05, 4.69) is 51.9 Å². The number of aliphatic imine (C=N–C) groups is 3. The molecule has 21 heavy (non-hydrogen) atoms. The molecule has 2 bridgehead atoms. The largest absolute Gasteiger partial charge is 0.372 e. The summed E-state index contributed by atoms with van der Waals surface area (Å²) in [7, 11) is 0. The number of fused-ring (bicyclic) bond motifs is 2. The van der Waals surface area contributed by atoms with Crippen LogP contribution in [0, 0.1) is 5.92 Å². The summed E-state index contributed by atoms with van der Waals surface area (Å²) in [6.07, 6.45) is 2.47. The Balaban J connectivity index is 1.81. The Morgan fingerprint density at radius 1 is 1.14 bits per heavy atom. The van der Waals surface area contributed by atoms with Crippen molar-refractivity contribution >= 4 is 23.7 Å². The van der Waals surface area contributed by atoms with Crippen molar-refractivity contribution < 1.29 is 0 Å². The first kappa shape index (κ1) is 13.9. The predicted molar refractivity (Wildman–Crippen MR) is 88.5 cm³/mol. The molecule has 2 aliphatic rings. The Morgan fingerprint density at radius 2 is 1.95 bits per heavy atom. The zero-order chi connectivity index (χ0) is 14.8. The van der Waals surface area contributed by atoms with Crippen LogP contribution >= 0.6 is 0 Å². The topological polar surface area (TPSA) is 66.3 Å². The number of amidine groups is 2. The average molecular weight is 283 g/mol. The Kier molecular flexibility index (Phi) is 3.84. The van der Waals surface area contributed by atoms with Crippen molar-refractivity contribution in [1.82, 2.24) is 0 Å². The van der Waals surface area contributed by atoms with Crippen molar-refractivity contribution in [2.24, 2.45) is 26.6 Å². The van der Waals surface area contributed by atoms with E-state index in [-0.39, 0.29) is 5.92 Å². The van der Waals surface area contributed by atoms with E-state index in [0.29, 0.717) is 6.54 Å². The van der Waals surface area contributed by atoms with Gasteiger partial charge in [-0.05, 0) is 43.5 Å². The van der Waals surface area contributed by atoms with Crippen molar-refractivity contribution in [3.63, 3.8) is 0 Å². The molecule has 5 heteroatoms. The van der Waals surface area contributed by atoms with E-state index in [1.54, 1.807) is 6.34 Å². The van der Waals surface area contributed by atoms with Gasteiger partial charge >= 0.3 is 0 Å². The van der Waals surface area contributed by atoms with Gasteiger partial charge in [0.2, 0.25) is 0 Å². The number of nitrogens with zero attached hydrogens (tertiary/aromatic N) is 4. The molecule has 0 amide bonds. The third-order valence-corrected chi connectivity index (χ3v) is 4.19. The minimum Gasteiger partial charge on any atom is -0.372 e. The van der Waals surface area contributed by atoms with E-state index in [4.69, 9.17) is 5.73 Å². The molecule has 2 heterocycles. The second-order valence-electron chi connectivity index (χ2n) is 5.29. The van der Waals surface area contributed by atoms with Gasteiger partial charge in [0.05, 0.1) is 5.92 Å². The van der Waals surface area contributed by atoms with Crippen LogP contribution in [0.1, 0.15) is 25.0 Å². The standard InChI is InChI=1S/C16H21N5/c1-3-21(4-2)13-6-5-11(12(7-13)9-17)8-14-15-18-10-19-16(14)20-15/h5-7,10,14H,3-4,8-9,17H2,1-2H3. The molecular weight excluding hydrogens is 262 g/mol. The molecule has 1 aromatic carbocycles. The molecule has 5 nitrogen and oxygen atoms in total. The lowest BCUT2D eigenvalue weighted by Gasteiger charge is -2.28. The molecule has 0 saturated heterocycles. The third-order valence-electron chi connectivity index (χ3n) is 4.19. The van der Waals surface area contributed by atoms with Crippen LogP contribution in [0.5, 0.6) is 0 Å². The van der Waals surface area contributed by atoms with Crippen molar-refractivity contribution in [3.8, 4) is 0 Å². The Bertz CT molecular complexity index is 614. The molecule has 2 N–H and O–H groups in total. The number of rotatable bonds is 6. The van der Waals surface area contributed by atoms with E-state index < -0.39 is 0 Å². The maximum atomic E-state index is 5.94. The first-order valence-corrected chi connectivity index (χ1v) is 7.52. The lowest BCUT2D eigenvalue weighted by Crippen LogP contribution is -2.36. The van der Waals surface area contributed by atoms with Gasteiger partial charge < -0.3 is 10.6 Å². The zero-order valence-corrected chi connectivity index (χ0v) is 12.6. The minimum absolute atomic E-state index is 0.250. The molecule has 0 saturated carbocycles. The molecule has 0 aliphatic carbocycles. The average Bonchev–Trinajstić information content (AvgIpc) is 2.54. The molecule has 1 aromatic rings. The quantitative estimate of drug-likeness (QED) is 0.867. The number of nitrogens with two attached hydrogens (primary N) is 1. The Labute approximate surface area is 125 Å². The second kappa shape index (κ2) is 5.77. The van der Waals surface area contributed by atoms with E-state index >= 15 is 0 Å². The molecule has 1 atom stereocenters. The van der Waals surface area contributed by atoms with Crippen LogP contribution in [0.4, 0.5) is 5.69 Å². The van der Waals surface area contributed by atoms with Crippen molar-refractivity contribution in [2.75, 3.05) is 18.0 Å². The summed E-state index contributed by atoms with van der Waals surface area (Å²) < 4.78 is 0. The molecule has 3 rings (SSSR count). The third kappa shape index (κ3) is 2.49. The van der Waals surface area contributed by atoms with Gasteiger partial charge in [0.1, 0.15) is 18.0 Å². The van der Waals surface area contributed by atoms with Crippen molar-refractivity contribution in [1.29, 1.82) is 0 Å². The van der Waals surface area contributed by atoms with Crippen LogP contribution in [0.2, 0.25) is 0 Å². The van der Waals surface area contributed by atoms with Gasteiger partial charge in [0.15, 0.2) is 0 Å². The summed E-state index contributed by atoms with van der Waals surface area (Å²) in [5.74, 6) is 2.05. The van der Waals surface area contributed by atoms with E-state index in [1.807, 2.05) is 0 Å². The van der Waals surface area contributed by atoms with E-state index in [0.717, 1.165) is 31.2 Å². The first-order valence-electron chi connectivity index (χ1n) is 7.52. The fourth-order valence-corrected chi connectivity index (χ4v) is 2.90. The van der Waals surface area contributed by atoms with Crippen LogP contribution in [0.25, 0.3) is 0 Å². The molecule has 1 unspecified atom stereocenters. The van der Waals surface area contributed by atoms with Gasteiger partial charge in [0.25, 0.3) is 0 Å². The van der Waals surface area contributed by atoms with Crippen LogP contribution < -0.4 is 10.6 Å². The highest BCUT2D eigenvalue weighted by molar-refractivity contribution is 6.24. The number of benzene rings is 1. The van der Waals surface area contributed by atoms with Crippen LogP contribution in [-0.2, 0) is 13.0 Å². The summed E-state index contributed by atoms with van der Waals surface area (Å²) in [5.41, 5.74) is 9.66. The van der Waals surface area contributed by atoms with Gasteiger partial charge in [-0.25, -0.2) is 15.0 Å². The molecule has 0 spiro atoms. The summed E-state index contributed by atoms with van der Waals surface area (Å²) >= 11 is 0. The number of anilines is 1. The van der Waals surface area contributed by atoms with Crippen LogP contribution in [0.15, 0.2) is 33.2 Å². The summed E-state index contributed by atoms with van der Waals surface area (Å²) in [5, 5.41) is 0. The van der Waals surface area contributed by atoms with Gasteiger partial charge in [-0.2, -0.15) is 0 Å². The highest BCUT2D eigenvalue weighted by atomic mass is 15.1. The van der Waals surface area contributed by atoms with Gasteiger partial charge in [-0.15, -0.1) is 0 Å². The highest BCUT2D eigenvalue weighted by Crippen LogP contribution is 2.27. The number of hydrogen-bond acceptors (Lipinski definition) is 5. The van der Waals surface area contributed by atoms with Crippen LogP contribution in [0.3, 0.4) is 0 Å². The first-order chi connectivity index (χ1) is 10.3. The SMILES string of the molecule is CCN(CC)c1ccc(CC2c3ncnc2n3)c(CN)c1. The molecule has 0 aromatic heterocycles. The predicted octanol–water partition coefficient (Wildman–Crippen LogP) is 2.00. The molecule has 0 radical (unpaired) electrons. The molecular formula is C16H21N5. The maximum Gasteiger partial charge on any atom is 0.143 e.